The Morgan fingerprint density at radius 3 is 2.93 bits per heavy atom. The molecule has 0 amide bonds. The summed E-state index contributed by atoms with van der Waals surface area (Å²) >= 11 is 1.06. The van der Waals surface area contributed by atoms with E-state index in [1.807, 2.05) is 0 Å². The van der Waals surface area contributed by atoms with Crippen LogP contribution in [0.4, 0.5) is 5.95 Å². The molecule has 2 rings (SSSR count). The Labute approximate surface area is 87.7 Å². The summed E-state index contributed by atoms with van der Waals surface area (Å²) in [5, 5.41) is 7.77. The largest absolute Gasteiger partial charge is 0.463 e. The lowest BCUT2D eigenvalue weighted by atomic mass is 10.6. The van der Waals surface area contributed by atoms with Crippen LogP contribution in [0.1, 0.15) is 10.6 Å². The average molecular weight is 226 g/mol. The van der Waals surface area contributed by atoms with E-state index in [9.17, 15) is 4.79 Å². The summed E-state index contributed by atoms with van der Waals surface area (Å²) in [6.07, 6.45) is 0. The lowest BCUT2D eigenvalue weighted by Gasteiger charge is -1.90. The maximum Gasteiger partial charge on any atom is 0.376 e. The smallest absolute Gasteiger partial charge is 0.376 e. The first kappa shape index (κ1) is 9.52. The van der Waals surface area contributed by atoms with Gasteiger partial charge in [0.05, 0.1) is 7.11 Å². The summed E-state index contributed by atoms with van der Waals surface area (Å²) in [6.45, 7) is 0. The number of esters is 1. The Hall–Kier alpha value is -2.03. The number of ether oxygens (including phenoxy) is 1. The number of nitrogens with two attached hydrogens (primary N) is 1. The van der Waals surface area contributed by atoms with Gasteiger partial charge in [0.1, 0.15) is 0 Å². The molecule has 2 aromatic heterocycles. The zero-order chi connectivity index (χ0) is 10.8. The molecule has 0 saturated carbocycles. The fourth-order valence-corrected chi connectivity index (χ4v) is 1.41. The van der Waals surface area contributed by atoms with Gasteiger partial charge in [-0.15, -0.1) is 10.2 Å². The first-order chi connectivity index (χ1) is 7.20. The van der Waals surface area contributed by atoms with Crippen LogP contribution >= 0.6 is 11.5 Å². The van der Waals surface area contributed by atoms with Gasteiger partial charge in [-0.3, -0.25) is 0 Å². The van der Waals surface area contributed by atoms with Crippen LogP contribution in [0.2, 0.25) is 0 Å². The number of nitrogen functional groups attached to an aromatic ring is 1. The predicted octanol–water partition coefficient (Wildman–Crippen LogP) is -0.308. The molecule has 0 aliphatic carbocycles. The Kier molecular flexibility index (Phi) is 2.29. The number of nitrogens with one attached hydrogen (secondary N) is 1. The molecule has 0 radical (unpaired) electrons. The molecule has 3 N–H and O–H groups in total. The molecule has 2 heterocycles. The van der Waals surface area contributed by atoms with E-state index in [4.69, 9.17) is 5.73 Å². The van der Waals surface area contributed by atoms with E-state index in [0.29, 0.717) is 10.8 Å². The topological polar surface area (TPSA) is 120 Å². The predicted molar refractivity (Wildman–Crippen MR) is 51.0 cm³/mol. The number of nitrogens with zero attached hydrogens (tertiary/aromatic N) is 4. The number of methoxy groups -OCH3 is 1. The number of aromatic amines is 1. The van der Waals surface area contributed by atoms with Crippen LogP contribution in [0, 0.1) is 0 Å². The van der Waals surface area contributed by atoms with Gasteiger partial charge in [0.15, 0.2) is 10.8 Å². The van der Waals surface area contributed by atoms with Crippen molar-refractivity contribution in [1.82, 2.24) is 24.5 Å². The van der Waals surface area contributed by atoms with Crippen molar-refractivity contribution in [3.63, 3.8) is 0 Å². The molecule has 0 atom stereocenters. The van der Waals surface area contributed by atoms with Gasteiger partial charge >= 0.3 is 5.97 Å². The van der Waals surface area contributed by atoms with Crippen molar-refractivity contribution < 1.29 is 9.53 Å². The van der Waals surface area contributed by atoms with Gasteiger partial charge in [0.25, 0.3) is 0 Å². The molecule has 0 saturated heterocycles. The first-order valence-electron chi connectivity index (χ1n) is 3.81. The number of aromatic nitrogens is 5. The summed E-state index contributed by atoms with van der Waals surface area (Å²) in [6, 6.07) is 0. The summed E-state index contributed by atoms with van der Waals surface area (Å²) in [5.74, 6) is -0.0804. The monoisotopic (exact) mass is 226 g/mol. The zero-order valence-corrected chi connectivity index (χ0v) is 8.41. The third kappa shape index (κ3) is 1.76. The molecule has 0 fully saturated rings. The molecule has 0 aliphatic heterocycles. The maximum atomic E-state index is 11.0. The van der Waals surface area contributed by atoms with E-state index in [0.717, 1.165) is 11.5 Å². The number of H-pyrrole nitrogens is 1. The van der Waals surface area contributed by atoms with E-state index in [1.165, 1.54) is 7.11 Å². The SMILES string of the molecule is COC(=O)c1nnc(-c2nc(N)ns2)[nH]1. The average Bonchev–Trinajstić information content (AvgIpc) is 2.84. The van der Waals surface area contributed by atoms with Crippen LogP contribution in [0.15, 0.2) is 0 Å². The van der Waals surface area contributed by atoms with Crippen LogP contribution < -0.4 is 5.73 Å². The third-order valence-electron chi connectivity index (χ3n) is 1.51. The number of hydrogen-bond acceptors (Lipinski definition) is 8. The van der Waals surface area contributed by atoms with Crippen molar-refractivity contribution in [3.05, 3.63) is 5.82 Å². The number of hydrogen-bond donors (Lipinski definition) is 2. The zero-order valence-electron chi connectivity index (χ0n) is 7.59. The van der Waals surface area contributed by atoms with Gasteiger partial charge in [-0.2, -0.15) is 9.36 Å². The minimum Gasteiger partial charge on any atom is -0.463 e. The van der Waals surface area contributed by atoms with Crippen molar-refractivity contribution in [2.45, 2.75) is 0 Å². The van der Waals surface area contributed by atoms with Crippen molar-refractivity contribution in [3.8, 4) is 10.8 Å². The molecule has 0 aliphatic rings. The standard InChI is InChI=1S/C6H6N6O2S/c1-14-5(13)3-8-2(10-11-3)4-9-6(7)12-15-4/h1H3,(H2,7,12)(H,8,10,11). The lowest BCUT2D eigenvalue weighted by Crippen LogP contribution is -2.03. The van der Waals surface area contributed by atoms with Crippen LogP contribution in [0.5, 0.6) is 0 Å². The Bertz CT molecular complexity index is 491. The highest BCUT2D eigenvalue weighted by Gasteiger charge is 2.15. The highest BCUT2D eigenvalue weighted by molar-refractivity contribution is 7.09. The van der Waals surface area contributed by atoms with Crippen LogP contribution in [-0.2, 0) is 4.74 Å². The fraction of sp³-hybridized carbons (Fsp3) is 0.167. The van der Waals surface area contributed by atoms with Gasteiger partial charge in [-0.05, 0) is 11.5 Å². The fourth-order valence-electron chi connectivity index (χ4n) is 0.878. The molecular formula is C6H6N6O2S. The van der Waals surface area contributed by atoms with E-state index < -0.39 is 5.97 Å². The Balaban J connectivity index is 2.31. The van der Waals surface area contributed by atoms with Gasteiger partial charge in [-0.25, -0.2) is 4.79 Å². The van der Waals surface area contributed by atoms with Crippen molar-refractivity contribution in [2.75, 3.05) is 12.8 Å². The van der Waals surface area contributed by atoms with Crippen molar-refractivity contribution in [1.29, 1.82) is 0 Å². The van der Waals surface area contributed by atoms with E-state index in [1.54, 1.807) is 0 Å². The van der Waals surface area contributed by atoms with Gasteiger partial charge < -0.3 is 15.5 Å². The Morgan fingerprint density at radius 1 is 1.53 bits per heavy atom. The number of carbonyl (C=O) groups is 1. The van der Waals surface area contributed by atoms with Gasteiger partial charge in [-0.1, -0.05) is 0 Å². The third-order valence-corrected chi connectivity index (χ3v) is 2.25. The highest BCUT2D eigenvalue weighted by atomic mass is 32.1. The van der Waals surface area contributed by atoms with Crippen LogP contribution in [0.25, 0.3) is 10.8 Å². The maximum absolute atomic E-state index is 11.0. The molecule has 78 valence electrons. The Morgan fingerprint density at radius 2 is 2.33 bits per heavy atom. The molecule has 2 aromatic rings. The second-order valence-corrected chi connectivity index (χ2v) is 3.22. The van der Waals surface area contributed by atoms with Crippen LogP contribution in [0.3, 0.4) is 0 Å². The number of rotatable bonds is 2. The lowest BCUT2D eigenvalue weighted by molar-refractivity contribution is 0.0587. The molecule has 15 heavy (non-hydrogen) atoms. The quantitative estimate of drug-likeness (QED) is 0.674. The summed E-state index contributed by atoms with van der Waals surface area (Å²) in [4.78, 5) is 17.6. The molecular weight excluding hydrogens is 220 g/mol. The van der Waals surface area contributed by atoms with E-state index in [-0.39, 0.29) is 11.8 Å². The molecule has 0 unspecified atom stereocenters. The molecule has 9 heteroatoms. The van der Waals surface area contributed by atoms with Gasteiger partial charge in [0.2, 0.25) is 11.8 Å². The van der Waals surface area contributed by atoms with Crippen molar-refractivity contribution >= 4 is 23.5 Å². The minimum atomic E-state index is -0.591. The summed E-state index contributed by atoms with van der Waals surface area (Å²) in [5.41, 5.74) is 5.34. The summed E-state index contributed by atoms with van der Waals surface area (Å²) < 4.78 is 8.23. The molecule has 0 spiro atoms. The van der Waals surface area contributed by atoms with Crippen LogP contribution in [-0.4, -0.2) is 37.6 Å². The van der Waals surface area contributed by atoms with Crippen molar-refractivity contribution in [2.24, 2.45) is 0 Å². The molecule has 0 aromatic carbocycles. The summed E-state index contributed by atoms with van der Waals surface area (Å²) in [7, 11) is 1.26. The second-order valence-electron chi connectivity index (χ2n) is 2.47. The van der Waals surface area contributed by atoms with E-state index in [2.05, 4.69) is 29.3 Å². The van der Waals surface area contributed by atoms with Gasteiger partial charge in [0, 0.05) is 0 Å². The highest BCUT2D eigenvalue weighted by Crippen LogP contribution is 2.17. The van der Waals surface area contributed by atoms with E-state index >= 15 is 0 Å². The molecule has 8 nitrogen and oxygen atoms in total. The normalized spacial score (nSPS) is 10.2. The number of anilines is 1. The second kappa shape index (κ2) is 3.61. The molecule has 0 bridgehead atoms. The first-order valence-corrected chi connectivity index (χ1v) is 4.58. The minimum absolute atomic E-state index is 0.0151. The number of carbonyl (C=O) groups excluding carboxylic acids is 1.